The number of nitrogens with one attached hydrogen (secondary N) is 1. The third-order valence-corrected chi connectivity index (χ3v) is 2.91. The molecule has 0 unspecified atom stereocenters. The third-order valence-electron chi connectivity index (χ3n) is 2.91. The average molecular weight is 262 g/mol. The van der Waals surface area contributed by atoms with Crippen LogP contribution in [0.3, 0.4) is 0 Å². The van der Waals surface area contributed by atoms with Gasteiger partial charge in [0.2, 0.25) is 0 Å². The summed E-state index contributed by atoms with van der Waals surface area (Å²) in [6.07, 6.45) is 1.52. The molecule has 1 aliphatic heterocycles. The van der Waals surface area contributed by atoms with Crippen molar-refractivity contribution in [1.82, 2.24) is 5.32 Å². The van der Waals surface area contributed by atoms with Gasteiger partial charge >= 0.3 is 0 Å². The molecule has 1 heterocycles. The van der Waals surface area contributed by atoms with Crippen LogP contribution < -0.4 is 5.32 Å². The molecule has 0 aromatic heterocycles. The monoisotopic (exact) mass is 261 g/mol. The van der Waals surface area contributed by atoms with Gasteiger partial charge < -0.3 is 5.32 Å². The highest BCUT2D eigenvalue weighted by Gasteiger charge is 2.22. The minimum Gasteiger partial charge on any atom is -0.317 e. The summed E-state index contributed by atoms with van der Waals surface area (Å²) in [5.41, 5.74) is 0.269. The normalized spacial score (nSPS) is 16.4. The molecule has 1 N–H and O–H groups in total. The fourth-order valence-electron chi connectivity index (χ4n) is 1.97. The Labute approximate surface area is 105 Å². The van der Waals surface area contributed by atoms with Crippen LogP contribution in [-0.4, -0.2) is 18.9 Å². The number of benzene rings is 1. The summed E-state index contributed by atoms with van der Waals surface area (Å²) in [7, 11) is 0. The summed E-state index contributed by atoms with van der Waals surface area (Å²) in [6.45, 7) is 1.61. The van der Waals surface area contributed by atoms with Crippen molar-refractivity contribution in [2.75, 3.05) is 13.1 Å². The van der Waals surface area contributed by atoms with E-state index in [1.54, 1.807) is 0 Å². The van der Waals surface area contributed by atoms with Crippen molar-refractivity contribution < 1.29 is 13.6 Å². The highest BCUT2D eigenvalue weighted by Crippen LogP contribution is 2.19. The van der Waals surface area contributed by atoms with E-state index in [1.807, 2.05) is 0 Å². The number of hydrogen-bond donors (Lipinski definition) is 1. The predicted octanol–water partition coefficient (Wildman–Crippen LogP) is 2.57. The number of Topliss-reactive ketones (excluding diaryl/α,β-unsaturated/α-hetero) is 1. The van der Waals surface area contributed by atoms with Crippen molar-refractivity contribution in [1.29, 1.82) is 0 Å². The molecule has 1 aromatic carbocycles. The molecular weight excluding hydrogens is 248 g/mol. The van der Waals surface area contributed by atoms with Crippen molar-refractivity contribution in [3.8, 4) is 0 Å². The maximum atomic E-state index is 13.0. The SMILES string of the molecule is Cl.O=C(c1ccc(F)c(F)c1)C1CCNCC1. The van der Waals surface area contributed by atoms with Gasteiger partial charge in [-0.2, -0.15) is 0 Å². The summed E-state index contributed by atoms with van der Waals surface area (Å²) >= 11 is 0. The van der Waals surface area contributed by atoms with Crippen LogP contribution in [0.2, 0.25) is 0 Å². The minimum atomic E-state index is -0.959. The summed E-state index contributed by atoms with van der Waals surface area (Å²) in [4.78, 5) is 11.9. The summed E-state index contributed by atoms with van der Waals surface area (Å²) in [5.74, 6) is -2.02. The third kappa shape index (κ3) is 3.23. The fourth-order valence-corrected chi connectivity index (χ4v) is 1.97. The molecule has 1 fully saturated rings. The van der Waals surface area contributed by atoms with Gasteiger partial charge in [0.15, 0.2) is 17.4 Å². The molecular formula is C12H14ClF2NO. The molecule has 1 aromatic rings. The molecule has 2 nitrogen and oxygen atoms in total. The number of piperidine rings is 1. The zero-order valence-corrected chi connectivity index (χ0v) is 10.0. The number of carbonyl (C=O) groups is 1. The van der Waals surface area contributed by atoms with Crippen LogP contribution in [-0.2, 0) is 0 Å². The molecule has 2 rings (SSSR count). The highest BCUT2D eigenvalue weighted by atomic mass is 35.5. The number of rotatable bonds is 2. The second kappa shape index (κ2) is 6.07. The molecule has 17 heavy (non-hydrogen) atoms. The van der Waals surface area contributed by atoms with Crippen LogP contribution in [0.4, 0.5) is 8.78 Å². The fraction of sp³-hybridized carbons (Fsp3) is 0.417. The largest absolute Gasteiger partial charge is 0.317 e. The van der Waals surface area contributed by atoms with Crippen molar-refractivity contribution in [3.63, 3.8) is 0 Å². The van der Waals surface area contributed by atoms with Gasteiger partial charge in [-0.15, -0.1) is 12.4 Å². The van der Waals surface area contributed by atoms with Gasteiger partial charge in [0, 0.05) is 11.5 Å². The van der Waals surface area contributed by atoms with Crippen LogP contribution in [0, 0.1) is 17.6 Å². The quantitative estimate of drug-likeness (QED) is 0.829. The van der Waals surface area contributed by atoms with Crippen LogP contribution in [0.5, 0.6) is 0 Å². The molecule has 5 heteroatoms. The lowest BCUT2D eigenvalue weighted by atomic mass is 9.89. The molecule has 1 aliphatic rings. The molecule has 0 amide bonds. The van der Waals surface area contributed by atoms with Gasteiger partial charge in [-0.1, -0.05) is 0 Å². The molecule has 0 atom stereocenters. The van der Waals surface area contributed by atoms with Gasteiger partial charge in [0.05, 0.1) is 0 Å². The smallest absolute Gasteiger partial charge is 0.166 e. The molecule has 0 saturated carbocycles. The van der Waals surface area contributed by atoms with Crippen molar-refractivity contribution in [2.45, 2.75) is 12.8 Å². The van der Waals surface area contributed by atoms with Gasteiger partial charge in [0.25, 0.3) is 0 Å². The standard InChI is InChI=1S/C12H13F2NO.ClH/c13-10-2-1-9(7-11(10)14)12(16)8-3-5-15-6-4-8;/h1-2,7-8,15H,3-6H2;1H. The Bertz CT molecular complexity index is 405. The van der Waals surface area contributed by atoms with E-state index in [1.165, 1.54) is 6.07 Å². The Kier molecular flexibility index (Phi) is 5.02. The lowest BCUT2D eigenvalue weighted by Gasteiger charge is -2.21. The van der Waals surface area contributed by atoms with Crippen molar-refractivity contribution >= 4 is 18.2 Å². The Morgan fingerprint density at radius 1 is 1.18 bits per heavy atom. The van der Waals surface area contributed by atoms with E-state index in [-0.39, 0.29) is 29.7 Å². The first kappa shape index (κ1) is 14.1. The second-order valence-electron chi connectivity index (χ2n) is 4.02. The first-order chi connectivity index (χ1) is 7.68. The van der Waals surface area contributed by atoms with E-state index in [2.05, 4.69) is 5.32 Å². The minimum absolute atomic E-state index is 0. The van der Waals surface area contributed by atoms with Gasteiger partial charge in [-0.25, -0.2) is 8.78 Å². The molecule has 0 radical (unpaired) electrons. The summed E-state index contributed by atoms with van der Waals surface area (Å²) in [6, 6.07) is 3.34. The molecule has 0 bridgehead atoms. The first-order valence-electron chi connectivity index (χ1n) is 5.38. The van der Waals surface area contributed by atoms with Crippen LogP contribution >= 0.6 is 12.4 Å². The Morgan fingerprint density at radius 3 is 2.41 bits per heavy atom. The molecule has 1 saturated heterocycles. The molecule has 0 aliphatic carbocycles. The zero-order chi connectivity index (χ0) is 11.5. The topological polar surface area (TPSA) is 29.1 Å². The van der Waals surface area contributed by atoms with E-state index in [0.29, 0.717) is 0 Å². The van der Waals surface area contributed by atoms with E-state index >= 15 is 0 Å². The Balaban J connectivity index is 0.00000144. The lowest BCUT2D eigenvalue weighted by Crippen LogP contribution is -2.31. The Morgan fingerprint density at radius 2 is 1.82 bits per heavy atom. The molecule has 94 valence electrons. The summed E-state index contributed by atoms with van der Waals surface area (Å²) in [5, 5.41) is 3.16. The number of carbonyl (C=O) groups excluding carboxylic acids is 1. The highest BCUT2D eigenvalue weighted by molar-refractivity contribution is 5.97. The van der Waals surface area contributed by atoms with Gasteiger partial charge in [0.1, 0.15) is 0 Å². The second-order valence-corrected chi connectivity index (χ2v) is 4.02. The summed E-state index contributed by atoms with van der Waals surface area (Å²) < 4.78 is 25.7. The van der Waals surface area contributed by atoms with Gasteiger partial charge in [-0.05, 0) is 44.1 Å². The average Bonchev–Trinajstić information content (AvgIpc) is 2.33. The maximum Gasteiger partial charge on any atom is 0.166 e. The number of halogens is 3. The Hall–Kier alpha value is -1.00. The molecule has 0 spiro atoms. The van der Waals surface area contributed by atoms with E-state index in [0.717, 1.165) is 38.1 Å². The van der Waals surface area contributed by atoms with Crippen LogP contribution in [0.1, 0.15) is 23.2 Å². The van der Waals surface area contributed by atoms with E-state index < -0.39 is 11.6 Å². The van der Waals surface area contributed by atoms with Crippen molar-refractivity contribution in [3.05, 3.63) is 35.4 Å². The van der Waals surface area contributed by atoms with E-state index in [9.17, 15) is 13.6 Å². The number of hydrogen-bond acceptors (Lipinski definition) is 2. The van der Waals surface area contributed by atoms with Crippen LogP contribution in [0.25, 0.3) is 0 Å². The first-order valence-corrected chi connectivity index (χ1v) is 5.38. The maximum absolute atomic E-state index is 13.0. The number of ketones is 1. The van der Waals surface area contributed by atoms with Crippen LogP contribution in [0.15, 0.2) is 18.2 Å². The van der Waals surface area contributed by atoms with Gasteiger partial charge in [-0.3, -0.25) is 4.79 Å². The van der Waals surface area contributed by atoms with Crippen molar-refractivity contribution in [2.24, 2.45) is 5.92 Å². The predicted molar refractivity (Wildman–Crippen MR) is 63.5 cm³/mol. The van der Waals surface area contributed by atoms with E-state index in [4.69, 9.17) is 0 Å². The zero-order valence-electron chi connectivity index (χ0n) is 9.21. The lowest BCUT2D eigenvalue weighted by molar-refractivity contribution is 0.0894.